The summed E-state index contributed by atoms with van der Waals surface area (Å²) in [7, 11) is 0. The molecule has 16 heavy (non-hydrogen) atoms. The van der Waals surface area contributed by atoms with Crippen molar-refractivity contribution in [2.24, 2.45) is 4.99 Å². The molecular formula is C12H13NO2S. The predicted octanol–water partition coefficient (Wildman–Crippen LogP) is 2.93. The molecule has 1 aromatic carbocycles. The SMILES string of the molecule is O=C=Nc1ccccc1OC1CCCSC1. The van der Waals surface area contributed by atoms with Gasteiger partial charge in [0.05, 0.1) is 0 Å². The zero-order chi connectivity index (χ0) is 11.2. The third-order valence-corrected chi connectivity index (χ3v) is 3.63. The summed E-state index contributed by atoms with van der Waals surface area (Å²) in [5.74, 6) is 2.91. The third-order valence-electron chi connectivity index (χ3n) is 2.44. The van der Waals surface area contributed by atoms with Crippen molar-refractivity contribution in [3.05, 3.63) is 24.3 Å². The molecule has 1 aromatic rings. The van der Waals surface area contributed by atoms with Crippen LogP contribution in [0.1, 0.15) is 12.8 Å². The van der Waals surface area contributed by atoms with Crippen LogP contribution in [0.25, 0.3) is 0 Å². The minimum atomic E-state index is 0.238. The van der Waals surface area contributed by atoms with Crippen LogP contribution in [0.3, 0.4) is 0 Å². The molecule has 0 N–H and O–H groups in total. The van der Waals surface area contributed by atoms with E-state index >= 15 is 0 Å². The monoisotopic (exact) mass is 235 g/mol. The Bertz CT molecular complexity index is 396. The average molecular weight is 235 g/mol. The van der Waals surface area contributed by atoms with Gasteiger partial charge in [0, 0.05) is 5.75 Å². The second-order valence-corrected chi connectivity index (χ2v) is 4.78. The minimum Gasteiger partial charge on any atom is -0.487 e. The molecule has 0 amide bonds. The van der Waals surface area contributed by atoms with E-state index in [1.807, 2.05) is 30.0 Å². The molecule has 0 saturated carbocycles. The molecule has 1 saturated heterocycles. The van der Waals surface area contributed by atoms with Crippen LogP contribution in [0.2, 0.25) is 0 Å². The largest absolute Gasteiger partial charge is 0.487 e. The highest BCUT2D eigenvalue weighted by Crippen LogP contribution is 2.30. The van der Waals surface area contributed by atoms with E-state index < -0.39 is 0 Å². The molecular weight excluding hydrogens is 222 g/mol. The third kappa shape index (κ3) is 2.87. The number of benzene rings is 1. The van der Waals surface area contributed by atoms with E-state index in [9.17, 15) is 4.79 Å². The number of hydrogen-bond acceptors (Lipinski definition) is 4. The Morgan fingerprint density at radius 3 is 3.06 bits per heavy atom. The minimum absolute atomic E-state index is 0.238. The summed E-state index contributed by atoms with van der Waals surface area (Å²) < 4.78 is 5.85. The highest BCUT2D eigenvalue weighted by atomic mass is 32.2. The first-order valence-corrected chi connectivity index (χ1v) is 6.47. The van der Waals surface area contributed by atoms with Gasteiger partial charge in [0.2, 0.25) is 6.08 Å². The van der Waals surface area contributed by atoms with Gasteiger partial charge in [0.25, 0.3) is 0 Å². The average Bonchev–Trinajstić information content (AvgIpc) is 2.33. The van der Waals surface area contributed by atoms with Crippen LogP contribution in [0.15, 0.2) is 29.3 Å². The summed E-state index contributed by atoms with van der Waals surface area (Å²) in [4.78, 5) is 13.9. The molecule has 0 spiro atoms. The quantitative estimate of drug-likeness (QED) is 0.597. The molecule has 0 aliphatic carbocycles. The van der Waals surface area contributed by atoms with Gasteiger partial charge in [-0.3, -0.25) is 0 Å². The van der Waals surface area contributed by atoms with Crippen molar-refractivity contribution in [3.8, 4) is 5.75 Å². The molecule has 1 aliphatic heterocycles. The fraction of sp³-hybridized carbons (Fsp3) is 0.417. The Kier molecular flexibility index (Phi) is 4.03. The van der Waals surface area contributed by atoms with E-state index in [1.54, 1.807) is 12.1 Å². The van der Waals surface area contributed by atoms with Crippen molar-refractivity contribution in [1.29, 1.82) is 0 Å². The number of aliphatic imine (C=N–C) groups is 1. The second-order valence-electron chi connectivity index (χ2n) is 3.63. The molecule has 1 aliphatic rings. The Morgan fingerprint density at radius 1 is 1.44 bits per heavy atom. The van der Waals surface area contributed by atoms with E-state index in [-0.39, 0.29) is 6.10 Å². The number of para-hydroxylation sites is 2. The molecule has 0 radical (unpaired) electrons. The summed E-state index contributed by atoms with van der Waals surface area (Å²) in [6, 6.07) is 7.32. The molecule has 4 heteroatoms. The van der Waals surface area contributed by atoms with Crippen LogP contribution in [0, 0.1) is 0 Å². The topological polar surface area (TPSA) is 38.7 Å². The van der Waals surface area contributed by atoms with Crippen LogP contribution in [-0.4, -0.2) is 23.7 Å². The van der Waals surface area contributed by atoms with Gasteiger partial charge in [0.15, 0.2) is 0 Å². The lowest BCUT2D eigenvalue weighted by Gasteiger charge is -2.23. The predicted molar refractivity (Wildman–Crippen MR) is 65.2 cm³/mol. The zero-order valence-corrected chi connectivity index (χ0v) is 9.70. The van der Waals surface area contributed by atoms with Crippen LogP contribution in [-0.2, 0) is 4.79 Å². The maximum atomic E-state index is 10.3. The summed E-state index contributed by atoms with van der Waals surface area (Å²) in [6.07, 6.45) is 4.05. The van der Waals surface area contributed by atoms with Crippen molar-refractivity contribution in [2.45, 2.75) is 18.9 Å². The van der Waals surface area contributed by atoms with Crippen LogP contribution in [0.5, 0.6) is 5.75 Å². The normalized spacial score (nSPS) is 19.9. The van der Waals surface area contributed by atoms with Gasteiger partial charge < -0.3 is 4.74 Å². The van der Waals surface area contributed by atoms with Gasteiger partial charge in [-0.05, 0) is 30.7 Å². The van der Waals surface area contributed by atoms with Gasteiger partial charge >= 0.3 is 0 Å². The molecule has 1 atom stereocenters. The Balaban J connectivity index is 2.10. The lowest BCUT2D eigenvalue weighted by Crippen LogP contribution is -2.23. The standard InChI is InChI=1S/C12H13NO2S/c14-9-13-11-5-1-2-6-12(11)15-10-4-3-7-16-8-10/h1-2,5-6,10H,3-4,7-8H2. The first-order chi connectivity index (χ1) is 7.90. The molecule has 0 bridgehead atoms. The summed E-state index contributed by atoms with van der Waals surface area (Å²) in [5.41, 5.74) is 0.563. The van der Waals surface area contributed by atoms with Gasteiger partial charge in [-0.15, -0.1) is 0 Å². The number of isocyanates is 1. The molecule has 1 fully saturated rings. The fourth-order valence-electron chi connectivity index (χ4n) is 1.68. The first kappa shape index (κ1) is 11.2. The number of rotatable bonds is 3. The molecule has 1 heterocycles. The van der Waals surface area contributed by atoms with Gasteiger partial charge in [-0.1, -0.05) is 12.1 Å². The zero-order valence-electron chi connectivity index (χ0n) is 8.89. The van der Waals surface area contributed by atoms with E-state index in [0.717, 1.165) is 12.2 Å². The Morgan fingerprint density at radius 2 is 2.31 bits per heavy atom. The van der Waals surface area contributed by atoms with Crippen LogP contribution >= 0.6 is 11.8 Å². The second kappa shape index (κ2) is 5.73. The number of carbonyl (C=O) groups excluding carboxylic acids is 1. The van der Waals surface area contributed by atoms with Crippen LogP contribution < -0.4 is 4.74 Å². The number of hydrogen-bond donors (Lipinski definition) is 0. The van der Waals surface area contributed by atoms with Crippen molar-refractivity contribution < 1.29 is 9.53 Å². The van der Waals surface area contributed by atoms with Crippen molar-refractivity contribution >= 4 is 23.5 Å². The van der Waals surface area contributed by atoms with Gasteiger partial charge in [-0.2, -0.15) is 16.8 Å². The van der Waals surface area contributed by atoms with E-state index in [4.69, 9.17) is 4.74 Å². The summed E-state index contributed by atoms with van der Waals surface area (Å²) >= 11 is 1.91. The van der Waals surface area contributed by atoms with Crippen molar-refractivity contribution in [2.75, 3.05) is 11.5 Å². The highest BCUT2D eigenvalue weighted by molar-refractivity contribution is 7.99. The lowest BCUT2D eigenvalue weighted by atomic mass is 10.2. The summed E-state index contributed by atoms with van der Waals surface area (Å²) in [6.45, 7) is 0. The van der Waals surface area contributed by atoms with Crippen molar-refractivity contribution in [1.82, 2.24) is 0 Å². The summed E-state index contributed by atoms with van der Waals surface area (Å²) in [5, 5.41) is 0. The van der Waals surface area contributed by atoms with Gasteiger partial charge in [-0.25, -0.2) is 4.79 Å². The molecule has 0 aromatic heterocycles. The Hall–Kier alpha value is -1.25. The number of nitrogens with zero attached hydrogens (tertiary/aromatic N) is 1. The van der Waals surface area contributed by atoms with E-state index in [2.05, 4.69) is 4.99 Å². The fourth-order valence-corrected chi connectivity index (χ4v) is 2.72. The maximum absolute atomic E-state index is 10.3. The Labute approximate surface area is 98.9 Å². The van der Waals surface area contributed by atoms with Crippen molar-refractivity contribution in [3.63, 3.8) is 0 Å². The lowest BCUT2D eigenvalue weighted by molar-refractivity contribution is 0.212. The molecule has 84 valence electrons. The highest BCUT2D eigenvalue weighted by Gasteiger charge is 2.16. The molecule has 3 nitrogen and oxygen atoms in total. The van der Waals surface area contributed by atoms with E-state index in [0.29, 0.717) is 11.4 Å². The molecule has 2 rings (SSSR count). The van der Waals surface area contributed by atoms with Gasteiger partial charge in [0.1, 0.15) is 17.5 Å². The number of thioether (sulfide) groups is 1. The first-order valence-electron chi connectivity index (χ1n) is 5.31. The van der Waals surface area contributed by atoms with Crippen LogP contribution in [0.4, 0.5) is 5.69 Å². The van der Waals surface area contributed by atoms with E-state index in [1.165, 1.54) is 12.2 Å². The molecule has 1 unspecified atom stereocenters. The smallest absolute Gasteiger partial charge is 0.240 e. The maximum Gasteiger partial charge on any atom is 0.240 e. The number of ether oxygens (including phenoxy) is 1.